The molecular weight excluding hydrogens is 232 g/mol. The quantitative estimate of drug-likeness (QED) is 0.759. The Labute approximate surface area is 104 Å². The van der Waals surface area contributed by atoms with Crippen LogP contribution in [0.1, 0.15) is 23.3 Å². The van der Waals surface area contributed by atoms with Gasteiger partial charge in [-0.15, -0.1) is 11.3 Å². The molecular formula is C14H14O2S. The van der Waals surface area contributed by atoms with E-state index in [1.54, 1.807) is 11.3 Å². The molecule has 0 amide bonds. The van der Waals surface area contributed by atoms with Gasteiger partial charge in [0.05, 0.1) is 12.5 Å². The Morgan fingerprint density at radius 1 is 1.35 bits per heavy atom. The normalized spacial score (nSPS) is 17.1. The molecule has 3 rings (SSSR count). The van der Waals surface area contributed by atoms with Crippen molar-refractivity contribution in [2.45, 2.75) is 25.2 Å². The number of thiophene rings is 1. The number of carbonyl (C=O) groups excluding carboxylic acids is 1. The number of methoxy groups -OCH3 is 1. The van der Waals surface area contributed by atoms with Crippen LogP contribution in [0.2, 0.25) is 0 Å². The summed E-state index contributed by atoms with van der Waals surface area (Å²) in [7, 11) is 1.48. The molecule has 1 aromatic heterocycles. The number of esters is 1. The summed E-state index contributed by atoms with van der Waals surface area (Å²) in [5, 5.41) is 1.22. The van der Waals surface area contributed by atoms with Crippen molar-refractivity contribution < 1.29 is 9.53 Å². The number of hydrogen-bond acceptors (Lipinski definition) is 3. The molecule has 0 radical (unpaired) electrons. The lowest BCUT2D eigenvalue weighted by Crippen LogP contribution is -2.22. The predicted octanol–water partition coefficient (Wildman–Crippen LogP) is 3.41. The monoisotopic (exact) mass is 246 g/mol. The zero-order valence-electron chi connectivity index (χ0n) is 9.95. The molecule has 1 aromatic carbocycles. The van der Waals surface area contributed by atoms with Gasteiger partial charge in [-0.05, 0) is 36.8 Å². The Kier molecular flexibility index (Phi) is 2.26. The number of carbonyl (C=O) groups is 1. The molecule has 0 atom stereocenters. The van der Waals surface area contributed by atoms with Gasteiger partial charge in [0.1, 0.15) is 0 Å². The Morgan fingerprint density at radius 2 is 2.06 bits per heavy atom. The van der Waals surface area contributed by atoms with E-state index in [1.165, 1.54) is 27.6 Å². The average molecular weight is 246 g/mol. The smallest absolute Gasteiger partial charge is 0.316 e. The molecule has 0 unspecified atom stereocenters. The second kappa shape index (κ2) is 3.57. The molecule has 1 fully saturated rings. The lowest BCUT2D eigenvalue weighted by atomic mass is 9.93. The van der Waals surface area contributed by atoms with Crippen LogP contribution in [0.4, 0.5) is 0 Å². The van der Waals surface area contributed by atoms with Crippen molar-refractivity contribution in [3.8, 4) is 0 Å². The summed E-state index contributed by atoms with van der Waals surface area (Å²) in [4.78, 5) is 13.2. The van der Waals surface area contributed by atoms with Crippen LogP contribution in [0.25, 0.3) is 10.1 Å². The van der Waals surface area contributed by atoms with Gasteiger partial charge in [0.2, 0.25) is 0 Å². The van der Waals surface area contributed by atoms with E-state index in [9.17, 15) is 4.79 Å². The van der Waals surface area contributed by atoms with Crippen LogP contribution in [0.5, 0.6) is 0 Å². The average Bonchev–Trinajstić information content (AvgIpc) is 3.06. The van der Waals surface area contributed by atoms with Gasteiger partial charge < -0.3 is 4.74 Å². The van der Waals surface area contributed by atoms with E-state index >= 15 is 0 Å². The van der Waals surface area contributed by atoms with Gasteiger partial charge in [-0.1, -0.05) is 18.2 Å². The fourth-order valence-electron chi connectivity index (χ4n) is 2.64. The fourth-order valence-corrected chi connectivity index (χ4v) is 3.80. The Balaban J connectivity index is 2.24. The number of benzene rings is 1. The van der Waals surface area contributed by atoms with Crippen molar-refractivity contribution in [3.05, 3.63) is 34.7 Å². The highest BCUT2D eigenvalue weighted by Crippen LogP contribution is 2.54. The van der Waals surface area contributed by atoms with E-state index in [0.29, 0.717) is 0 Å². The molecule has 17 heavy (non-hydrogen) atoms. The maximum Gasteiger partial charge on any atom is 0.316 e. The van der Waals surface area contributed by atoms with Crippen molar-refractivity contribution in [1.82, 2.24) is 0 Å². The van der Waals surface area contributed by atoms with Crippen LogP contribution in [0.3, 0.4) is 0 Å². The summed E-state index contributed by atoms with van der Waals surface area (Å²) in [6, 6.07) is 8.30. The maximum atomic E-state index is 12.0. The van der Waals surface area contributed by atoms with Crippen molar-refractivity contribution >= 4 is 27.4 Å². The third-order valence-electron chi connectivity index (χ3n) is 3.58. The second-order valence-electron chi connectivity index (χ2n) is 4.60. The lowest BCUT2D eigenvalue weighted by Gasteiger charge is -2.13. The second-order valence-corrected chi connectivity index (χ2v) is 5.86. The van der Waals surface area contributed by atoms with Crippen LogP contribution in [0, 0.1) is 6.92 Å². The minimum absolute atomic E-state index is 0.0795. The molecule has 88 valence electrons. The highest BCUT2D eigenvalue weighted by molar-refractivity contribution is 7.19. The largest absolute Gasteiger partial charge is 0.468 e. The molecule has 0 bridgehead atoms. The Hall–Kier alpha value is -1.35. The van der Waals surface area contributed by atoms with E-state index in [-0.39, 0.29) is 11.4 Å². The summed E-state index contributed by atoms with van der Waals surface area (Å²) < 4.78 is 6.23. The molecule has 2 nitrogen and oxygen atoms in total. The molecule has 0 saturated heterocycles. The molecule has 0 spiro atoms. The van der Waals surface area contributed by atoms with Gasteiger partial charge in [-0.25, -0.2) is 0 Å². The van der Waals surface area contributed by atoms with Gasteiger partial charge in [0, 0.05) is 9.58 Å². The third kappa shape index (κ3) is 1.42. The number of hydrogen-bond donors (Lipinski definition) is 0. The SMILES string of the molecule is COC(=O)C1(c2c(C)sc3ccccc23)CC1. The number of aryl methyl sites for hydroxylation is 1. The zero-order valence-corrected chi connectivity index (χ0v) is 10.8. The van der Waals surface area contributed by atoms with Gasteiger partial charge in [-0.3, -0.25) is 4.79 Å². The standard InChI is InChI=1S/C14H14O2S/c1-9-12(14(7-8-14)13(15)16-2)10-5-3-4-6-11(10)17-9/h3-6H,7-8H2,1-2H3. The topological polar surface area (TPSA) is 26.3 Å². The van der Waals surface area contributed by atoms with Gasteiger partial charge in [0.15, 0.2) is 0 Å². The molecule has 3 heteroatoms. The minimum atomic E-state index is -0.349. The van der Waals surface area contributed by atoms with Gasteiger partial charge in [-0.2, -0.15) is 0 Å². The number of rotatable bonds is 2. The van der Waals surface area contributed by atoms with Gasteiger partial charge >= 0.3 is 5.97 Å². The predicted molar refractivity (Wildman–Crippen MR) is 69.5 cm³/mol. The molecule has 0 N–H and O–H groups in total. The van der Waals surface area contributed by atoms with Crippen LogP contribution in [0.15, 0.2) is 24.3 Å². The van der Waals surface area contributed by atoms with Crippen molar-refractivity contribution in [2.24, 2.45) is 0 Å². The summed E-state index contributed by atoms with van der Waals surface area (Å²) in [6.45, 7) is 2.10. The van der Waals surface area contributed by atoms with Crippen LogP contribution in [-0.4, -0.2) is 13.1 Å². The van der Waals surface area contributed by atoms with E-state index < -0.39 is 0 Å². The first-order chi connectivity index (χ1) is 8.19. The van der Waals surface area contributed by atoms with E-state index in [2.05, 4.69) is 19.1 Å². The third-order valence-corrected chi connectivity index (χ3v) is 4.66. The maximum absolute atomic E-state index is 12.0. The minimum Gasteiger partial charge on any atom is -0.468 e. The Morgan fingerprint density at radius 3 is 2.71 bits per heavy atom. The van der Waals surface area contributed by atoms with Gasteiger partial charge in [0.25, 0.3) is 0 Å². The van der Waals surface area contributed by atoms with Crippen LogP contribution >= 0.6 is 11.3 Å². The molecule has 0 aliphatic heterocycles. The summed E-state index contributed by atoms with van der Waals surface area (Å²) in [5.41, 5.74) is 0.850. The van der Waals surface area contributed by atoms with Crippen molar-refractivity contribution in [2.75, 3.05) is 7.11 Å². The molecule has 2 aromatic rings. The number of fused-ring (bicyclic) bond motifs is 1. The van der Waals surface area contributed by atoms with E-state index in [1.807, 2.05) is 12.1 Å². The summed E-state index contributed by atoms with van der Waals surface area (Å²) >= 11 is 1.77. The van der Waals surface area contributed by atoms with Crippen molar-refractivity contribution in [3.63, 3.8) is 0 Å². The summed E-state index contributed by atoms with van der Waals surface area (Å²) in [5.74, 6) is -0.0795. The first kappa shape index (κ1) is 10.8. The van der Waals surface area contributed by atoms with E-state index in [4.69, 9.17) is 4.74 Å². The number of ether oxygens (including phenoxy) is 1. The van der Waals surface area contributed by atoms with Crippen LogP contribution < -0.4 is 0 Å². The first-order valence-corrected chi connectivity index (χ1v) is 6.58. The first-order valence-electron chi connectivity index (χ1n) is 5.76. The van der Waals surface area contributed by atoms with Crippen molar-refractivity contribution in [1.29, 1.82) is 0 Å². The van der Waals surface area contributed by atoms with Crippen LogP contribution in [-0.2, 0) is 14.9 Å². The highest BCUT2D eigenvalue weighted by atomic mass is 32.1. The molecule has 1 saturated carbocycles. The molecule has 1 aliphatic rings. The Bertz CT molecular complexity index is 593. The summed E-state index contributed by atoms with van der Waals surface area (Å²) in [6.07, 6.45) is 1.84. The zero-order chi connectivity index (χ0) is 12.0. The molecule has 1 aliphatic carbocycles. The van der Waals surface area contributed by atoms with E-state index in [0.717, 1.165) is 12.8 Å². The fraction of sp³-hybridized carbons (Fsp3) is 0.357. The highest BCUT2D eigenvalue weighted by Gasteiger charge is 2.54. The molecule has 1 heterocycles. The lowest BCUT2D eigenvalue weighted by molar-refractivity contribution is -0.143.